The summed E-state index contributed by atoms with van der Waals surface area (Å²) < 4.78 is 15.6. The molecule has 0 heterocycles. The normalized spacial score (nSPS) is 16.7. The number of fused-ring (bicyclic) bond motifs is 1. The van der Waals surface area contributed by atoms with Crippen LogP contribution in [0, 0.1) is 0 Å². The highest BCUT2D eigenvalue weighted by Crippen LogP contribution is 2.33. The Morgan fingerprint density at radius 3 is 2.24 bits per heavy atom. The second-order valence-electron chi connectivity index (χ2n) is 6.70. The molecule has 0 saturated heterocycles. The SMILES string of the molecule is CC[C@@](C)(N[S+]([O-])C(C)(C)C)c1cccc2ccccc12. The van der Waals surface area contributed by atoms with E-state index in [-0.39, 0.29) is 10.3 Å². The van der Waals surface area contributed by atoms with Crippen molar-refractivity contribution in [2.24, 2.45) is 0 Å². The van der Waals surface area contributed by atoms with Crippen LogP contribution >= 0.6 is 0 Å². The van der Waals surface area contributed by atoms with Crippen molar-refractivity contribution in [1.82, 2.24) is 4.72 Å². The van der Waals surface area contributed by atoms with E-state index in [1.54, 1.807) is 0 Å². The first-order valence-corrected chi connectivity index (χ1v) is 8.61. The maximum absolute atomic E-state index is 12.5. The van der Waals surface area contributed by atoms with Gasteiger partial charge in [-0.1, -0.05) is 49.4 Å². The Balaban J connectivity index is 2.48. The first kappa shape index (κ1) is 16.3. The molecule has 0 radical (unpaired) electrons. The third-order valence-electron chi connectivity index (χ3n) is 3.97. The molecule has 0 spiro atoms. The van der Waals surface area contributed by atoms with Crippen LogP contribution in [0.4, 0.5) is 0 Å². The van der Waals surface area contributed by atoms with Gasteiger partial charge in [-0.15, -0.1) is 4.72 Å². The molecule has 0 fully saturated rings. The van der Waals surface area contributed by atoms with E-state index in [1.807, 2.05) is 20.8 Å². The number of benzene rings is 2. The molecular formula is C18H25NOS. The van der Waals surface area contributed by atoms with E-state index in [1.165, 1.54) is 16.3 Å². The molecule has 2 aromatic rings. The molecule has 0 amide bonds. The average molecular weight is 303 g/mol. The van der Waals surface area contributed by atoms with Crippen LogP contribution in [0.5, 0.6) is 0 Å². The lowest BCUT2D eigenvalue weighted by molar-refractivity contribution is 0.411. The Labute approximate surface area is 131 Å². The number of hydrogen-bond acceptors (Lipinski definition) is 2. The summed E-state index contributed by atoms with van der Waals surface area (Å²) in [7, 11) is 0. The van der Waals surface area contributed by atoms with Crippen molar-refractivity contribution < 1.29 is 4.55 Å². The van der Waals surface area contributed by atoms with Crippen molar-refractivity contribution in [1.29, 1.82) is 0 Å². The minimum atomic E-state index is -1.10. The average Bonchev–Trinajstić information content (AvgIpc) is 2.45. The molecular weight excluding hydrogens is 278 g/mol. The van der Waals surface area contributed by atoms with Crippen molar-refractivity contribution >= 4 is 22.1 Å². The van der Waals surface area contributed by atoms with Gasteiger partial charge in [0.25, 0.3) is 0 Å². The third kappa shape index (κ3) is 3.42. The molecule has 2 aromatic carbocycles. The minimum absolute atomic E-state index is 0.277. The summed E-state index contributed by atoms with van der Waals surface area (Å²) in [5, 5.41) is 2.45. The molecule has 0 aliphatic rings. The summed E-state index contributed by atoms with van der Waals surface area (Å²) >= 11 is -1.10. The second-order valence-corrected chi connectivity index (χ2v) is 8.66. The summed E-state index contributed by atoms with van der Waals surface area (Å²) in [6.45, 7) is 10.3. The zero-order chi connectivity index (χ0) is 15.7. The Hall–Kier alpha value is -1.03. The highest BCUT2D eigenvalue weighted by molar-refractivity contribution is 7.90. The van der Waals surface area contributed by atoms with E-state index in [0.29, 0.717) is 0 Å². The van der Waals surface area contributed by atoms with Crippen molar-refractivity contribution in [3.8, 4) is 0 Å². The molecule has 2 nitrogen and oxygen atoms in total. The van der Waals surface area contributed by atoms with Gasteiger partial charge in [0.1, 0.15) is 4.75 Å². The van der Waals surface area contributed by atoms with Gasteiger partial charge in [0.2, 0.25) is 0 Å². The molecule has 0 aliphatic heterocycles. The van der Waals surface area contributed by atoms with E-state index in [0.717, 1.165) is 6.42 Å². The highest BCUT2D eigenvalue weighted by atomic mass is 32.2. The number of nitrogens with one attached hydrogen (secondary N) is 1. The lowest BCUT2D eigenvalue weighted by Crippen LogP contribution is -2.49. The van der Waals surface area contributed by atoms with E-state index >= 15 is 0 Å². The summed E-state index contributed by atoms with van der Waals surface area (Å²) in [5.41, 5.74) is 0.902. The highest BCUT2D eigenvalue weighted by Gasteiger charge is 2.36. The molecule has 1 unspecified atom stereocenters. The van der Waals surface area contributed by atoms with Crippen molar-refractivity contribution in [3.05, 3.63) is 48.0 Å². The molecule has 0 saturated carbocycles. The van der Waals surface area contributed by atoms with Crippen LogP contribution < -0.4 is 4.72 Å². The summed E-state index contributed by atoms with van der Waals surface area (Å²) in [6.07, 6.45) is 0.878. The Morgan fingerprint density at radius 2 is 1.62 bits per heavy atom. The fourth-order valence-corrected chi connectivity index (χ4v) is 3.35. The summed E-state index contributed by atoms with van der Waals surface area (Å²) in [4.78, 5) is 0. The lowest BCUT2D eigenvalue weighted by Gasteiger charge is -2.35. The van der Waals surface area contributed by atoms with Crippen LogP contribution in [0.3, 0.4) is 0 Å². The van der Waals surface area contributed by atoms with Gasteiger partial charge < -0.3 is 4.55 Å². The standard InChI is InChI=1S/C18H25NOS/c1-6-18(5,19-21(20)17(2,3)4)16-13-9-11-14-10-7-8-12-15(14)16/h7-13,19H,6H2,1-5H3/t18-,21?/m1/s1. The van der Waals surface area contributed by atoms with Gasteiger partial charge >= 0.3 is 0 Å². The largest absolute Gasteiger partial charge is 0.598 e. The Kier molecular flexibility index (Phi) is 4.66. The molecule has 1 N–H and O–H groups in total. The van der Waals surface area contributed by atoms with Crippen LogP contribution in [0.1, 0.15) is 46.6 Å². The van der Waals surface area contributed by atoms with Crippen molar-refractivity contribution in [2.45, 2.75) is 51.3 Å². The zero-order valence-corrected chi connectivity index (χ0v) is 14.4. The van der Waals surface area contributed by atoms with E-state index in [2.05, 4.69) is 61.0 Å². The summed E-state index contributed by atoms with van der Waals surface area (Å²) in [5.74, 6) is 0. The molecule has 2 rings (SSSR count). The Morgan fingerprint density at radius 1 is 1.00 bits per heavy atom. The fraction of sp³-hybridized carbons (Fsp3) is 0.444. The van der Waals surface area contributed by atoms with Crippen molar-refractivity contribution in [2.75, 3.05) is 0 Å². The Bertz CT molecular complexity index is 615. The molecule has 2 atom stereocenters. The monoisotopic (exact) mass is 303 g/mol. The number of rotatable bonds is 4. The van der Waals surface area contributed by atoms with Gasteiger partial charge in [0.15, 0.2) is 0 Å². The van der Waals surface area contributed by atoms with Crippen LogP contribution in [-0.4, -0.2) is 9.30 Å². The topological polar surface area (TPSA) is 35.1 Å². The van der Waals surface area contributed by atoms with Gasteiger partial charge in [0, 0.05) is 11.4 Å². The van der Waals surface area contributed by atoms with Crippen LogP contribution in [0.2, 0.25) is 0 Å². The minimum Gasteiger partial charge on any atom is -0.598 e. The quantitative estimate of drug-likeness (QED) is 0.843. The smallest absolute Gasteiger partial charge is 0.136 e. The van der Waals surface area contributed by atoms with Gasteiger partial charge in [0.05, 0.1) is 5.54 Å². The lowest BCUT2D eigenvalue weighted by atomic mass is 9.87. The molecule has 21 heavy (non-hydrogen) atoms. The summed E-state index contributed by atoms with van der Waals surface area (Å²) in [6, 6.07) is 14.7. The van der Waals surface area contributed by atoms with Crippen LogP contribution in [0.25, 0.3) is 10.8 Å². The van der Waals surface area contributed by atoms with Gasteiger partial charge in [-0.2, -0.15) is 0 Å². The molecule has 3 heteroatoms. The maximum Gasteiger partial charge on any atom is 0.136 e. The van der Waals surface area contributed by atoms with Crippen LogP contribution in [-0.2, 0) is 16.9 Å². The van der Waals surface area contributed by atoms with Gasteiger partial charge in [-0.25, -0.2) is 0 Å². The predicted octanol–water partition coefficient (Wildman–Crippen LogP) is 4.52. The molecule has 0 bridgehead atoms. The maximum atomic E-state index is 12.5. The predicted molar refractivity (Wildman–Crippen MR) is 92.6 cm³/mol. The van der Waals surface area contributed by atoms with Gasteiger partial charge in [-0.05, 0) is 50.5 Å². The first-order valence-electron chi connectivity index (χ1n) is 7.46. The second kappa shape index (κ2) is 5.99. The first-order chi connectivity index (χ1) is 9.78. The molecule has 0 aliphatic carbocycles. The third-order valence-corrected chi connectivity index (χ3v) is 5.71. The molecule has 0 aromatic heterocycles. The van der Waals surface area contributed by atoms with E-state index in [4.69, 9.17) is 0 Å². The van der Waals surface area contributed by atoms with Crippen molar-refractivity contribution in [3.63, 3.8) is 0 Å². The number of hydrogen-bond donors (Lipinski definition) is 1. The van der Waals surface area contributed by atoms with E-state index in [9.17, 15) is 4.55 Å². The fourth-order valence-electron chi connectivity index (χ4n) is 2.38. The van der Waals surface area contributed by atoms with Gasteiger partial charge in [-0.3, -0.25) is 0 Å². The zero-order valence-electron chi connectivity index (χ0n) is 13.6. The molecule has 114 valence electrons. The van der Waals surface area contributed by atoms with Crippen LogP contribution in [0.15, 0.2) is 42.5 Å². The van der Waals surface area contributed by atoms with E-state index < -0.39 is 11.4 Å².